The van der Waals surface area contributed by atoms with Crippen LogP contribution in [0.5, 0.6) is 0 Å². The fraction of sp³-hybridized carbons (Fsp3) is 0.0769. The van der Waals surface area contributed by atoms with E-state index in [1.54, 1.807) is 6.07 Å². The summed E-state index contributed by atoms with van der Waals surface area (Å²) in [5.74, 6) is 0. The van der Waals surface area contributed by atoms with Crippen LogP contribution in [0.3, 0.4) is 0 Å². The van der Waals surface area contributed by atoms with Gasteiger partial charge in [0.25, 0.3) is 0 Å². The van der Waals surface area contributed by atoms with Crippen LogP contribution in [0, 0.1) is 0 Å². The van der Waals surface area contributed by atoms with Gasteiger partial charge in [-0.2, -0.15) is 0 Å². The van der Waals surface area contributed by atoms with Gasteiger partial charge in [0.1, 0.15) is 0 Å². The molecule has 2 aliphatic carbocycles. The minimum Gasteiger partial charge on any atom is -0.423 e. The molecular formula is C78H53BBr2O2. The molecule has 0 unspecified atom stereocenters. The maximum atomic E-state index is 9.51. The van der Waals surface area contributed by atoms with Crippen LogP contribution < -0.4 is 5.46 Å². The van der Waals surface area contributed by atoms with Crippen molar-refractivity contribution in [3.63, 3.8) is 0 Å². The molecule has 0 fully saturated rings. The Bertz CT molecular complexity index is 5040. The van der Waals surface area contributed by atoms with Gasteiger partial charge in [0.2, 0.25) is 0 Å². The van der Waals surface area contributed by atoms with E-state index in [0.29, 0.717) is 5.46 Å². The minimum absolute atomic E-state index is 0.0816. The lowest BCUT2D eigenvalue weighted by Gasteiger charge is -2.23. The molecule has 2 aliphatic rings. The molecule has 0 aliphatic heterocycles. The fourth-order valence-corrected chi connectivity index (χ4v) is 15.4. The number of halogens is 2. The van der Waals surface area contributed by atoms with Gasteiger partial charge in [0.05, 0.1) is 0 Å². The summed E-state index contributed by atoms with van der Waals surface area (Å²) in [6.45, 7) is 9.38. The normalized spacial score (nSPS) is 13.7. The molecule has 0 saturated heterocycles. The van der Waals surface area contributed by atoms with Crippen molar-refractivity contribution in [3.8, 4) is 44.5 Å². The molecule has 5 heteroatoms. The highest BCUT2D eigenvalue weighted by Crippen LogP contribution is 2.53. The molecule has 0 saturated carbocycles. The van der Waals surface area contributed by atoms with Gasteiger partial charge in [-0.15, -0.1) is 0 Å². The predicted octanol–water partition coefficient (Wildman–Crippen LogP) is 20.9. The largest absolute Gasteiger partial charge is 0.489 e. The fourth-order valence-electron chi connectivity index (χ4n) is 14.7. The maximum Gasteiger partial charge on any atom is 0.489 e. The van der Waals surface area contributed by atoms with Gasteiger partial charge in [-0.3, -0.25) is 0 Å². The van der Waals surface area contributed by atoms with Crippen molar-refractivity contribution in [3.05, 3.63) is 268 Å². The summed E-state index contributed by atoms with van der Waals surface area (Å²) >= 11 is 7.13. The second-order valence-electron chi connectivity index (χ2n) is 24.0. The summed E-state index contributed by atoms with van der Waals surface area (Å²) in [5.41, 5.74) is 16.8. The highest BCUT2D eigenvalue weighted by molar-refractivity contribution is 9.10. The standard InChI is InChI=1S/C47H30.C16H11BO2.C15H12Br2/c1-47(2)41-25-33(35-19-13-31-11-9-27-5-3-7-29-15-23-39(35)45(31)43(27)29)17-21-37(41)38-22-18-34(26-42(38)47)36-20-14-32-12-10-28-6-4-8-30-16-24-40(36)46(32)44(28)30;18-17(19)14-9-7-12-5-4-10-2-1-3-11-6-8-13(14)16(12)15(10)11;1-15(2)13-7-9(16)3-5-11(13)12-6-4-10(17)8-14(12)15/h3-26H,1-2H3;1-9,18-19H;3-8H,1-2H3. The van der Waals surface area contributed by atoms with Crippen molar-refractivity contribution in [1.29, 1.82) is 0 Å². The lowest BCUT2D eigenvalue weighted by Crippen LogP contribution is -2.30. The van der Waals surface area contributed by atoms with Crippen LogP contribution in [-0.2, 0) is 10.8 Å². The van der Waals surface area contributed by atoms with Crippen molar-refractivity contribution in [2.45, 2.75) is 38.5 Å². The first-order valence-corrected chi connectivity index (χ1v) is 30.1. The monoisotopic (exact) mass is 1190 g/mol. The van der Waals surface area contributed by atoms with E-state index in [4.69, 9.17) is 0 Å². The van der Waals surface area contributed by atoms with Crippen molar-refractivity contribution in [2.24, 2.45) is 0 Å². The van der Waals surface area contributed by atoms with Crippen molar-refractivity contribution >= 4 is 141 Å². The first-order chi connectivity index (χ1) is 40.3. The molecule has 0 radical (unpaired) electrons. The molecule has 83 heavy (non-hydrogen) atoms. The molecule has 394 valence electrons. The number of hydrogen-bond donors (Lipinski definition) is 2. The molecule has 2 N–H and O–H groups in total. The third kappa shape index (κ3) is 7.61. The van der Waals surface area contributed by atoms with Crippen LogP contribution in [0.4, 0.5) is 0 Å². The Kier molecular flexibility index (Phi) is 11.2. The maximum absolute atomic E-state index is 9.51. The van der Waals surface area contributed by atoms with Gasteiger partial charge in [-0.05, 0) is 206 Å². The highest BCUT2D eigenvalue weighted by Gasteiger charge is 2.37. The van der Waals surface area contributed by atoms with E-state index in [2.05, 4.69) is 266 Å². The first kappa shape index (κ1) is 50.3. The van der Waals surface area contributed by atoms with E-state index in [1.807, 2.05) is 24.3 Å². The molecule has 16 aromatic carbocycles. The third-order valence-electron chi connectivity index (χ3n) is 18.8. The van der Waals surface area contributed by atoms with Crippen LogP contribution in [0.2, 0.25) is 0 Å². The molecule has 0 spiro atoms. The zero-order valence-corrected chi connectivity index (χ0v) is 49.4. The van der Waals surface area contributed by atoms with Crippen LogP contribution in [-0.4, -0.2) is 17.2 Å². The van der Waals surface area contributed by atoms with Crippen molar-refractivity contribution < 1.29 is 10.0 Å². The van der Waals surface area contributed by atoms with E-state index >= 15 is 0 Å². The van der Waals surface area contributed by atoms with Gasteiger partial charge in [0, 0.05) is 19.8 Å². The first-order valence-electron chi connectivity index (χ1n) is 28.6. The van der Waals surface area contributed by atoms with E-state index in [1.165, 1.54) is 148 Å². The summed E-state index contributed by atoms with van der Waals surface area (Å²) in [6.07, 6.45) is 0. The van der Waals surface area contributed by atoms with Crippen LogP contribution >= 0.6 is 31.9 Å². The van der Waals surface area contributed by atoms with Gasteiger partial charge in [-0.1, -0.05) is 260 Å². The average Bonchev–Trinajstić information content (AvgIpc) is 3.40. The molecule has 0 atom stereocenters. The summed E-state index contributed by atoms with van der Waals surface area (Å²) < 4.78 is 2.30. The zero-order valence-electron chi connectivity index (χ0n) is 46.2. The second-order valence-corrected chi connectivity index (χ2v) is 25.8. The van der Waals surface area contributed by atoms with Crippen LogP contribution in [0.1, 0.15) is 49.9 Å². The Morgan fingerprint density at radius 2 is 0.554 bits per heavy atom. The van der Waals surface area contributed by atoms with E-state index in [0.717, 1.165) is 25.1 Å². The molecule has 0 amide bonds. The Morgan fingerprint density at radius 1 is 0.277 bits per heavy atom. The molecule has 2 nitrogen and oxygen atoms in total. The van der Waals surface area contributed by atoms with Crippen LogP contribution in [0.25, 0.3) is 141 Å². The SMILES string of the molecule is CC1(C)c2cc(-c3ccc4ccc5cccc6ccc3c4c56)ccc2-c2ccc(-c3ccc4ccc5cccc6ccc3c4c56)cc21.CC1(C)c2cc(Br)ccc2-c2ccc(Br)cc21.OB(O)c1ccc2ccc3cccc4ccc1c2c34. The number of rotatable bonds is 3. The smallest absolute Gasteiger partial charge is 0.423 e. The summed E-state index contributed by atoms with van der Waals surface area (Å²) in [6, 6.07) is 86.5. The van der Waals surface area contributed by atoms with E-state index in [9.17, 15) is 10.0 Å². The Labute approximate surface area is 498 Å². The number of hydrogen-bond acceptors (Lipinski definition) is 2. The molecule has 18 rings (SSSR count). The quantitative estimate of drug-likeness (QED) is 0.137. The predicted molar refractivity (Wildman–Crippen MR) is 362 cm³/mol. The van der Waals surface area contributed by atoms with Gasteiger partial charge in [0.15, 0.2) is 0 Å². The van der Waals surface area contributed by atoms with Gasteiger partial charge < -0.3 is 10.0 Å². The van der Waals surface area contributed by atoms with E-state index < -0.39 is 7.12 Å². The molecule has 16 aromatic rings. The second kappa shape index (κ2) is 18.5. The average molecular weight is 1190 g/mol. The van der Waals surface area contributed by atoms with Gasteiger partial charge >= 0.3 is 7.12 Å². The van der Waals surface area contributed by atoms with Crippen molar-refractivity contribution in [1.82, 2.24) is 0 Å². The molecule has 0 bridgehead atoms. The van der Waals surface area contributed by atoms with Gasteiger partial charge in [-0.25, -0.2) is 0 Å². The lowest BCUT2D eigenvalue weighted by molar-refractivity contribution is 0.426. The third-order valence-corrected chi connectivity index (χ3v) is 19.8. The van der Waals surface area contributed by atoms with E-state index in [-0.39, 0.29) is 10.8 Å². The van der Waals surface area contributed by atoms with Crippen LogP contribution in [0.15, 0.2) is 246 Å². The Morgan fingerprint density at radius 3 is 0.928 bits per heavy atom. The molecule has 0 heterocycles. The van der Waals surface area contributed by atoms with Crippen molar-refractivity contribution in [2.75, 3.05) is 0 Å². The number of fused-ring (bicyclic) bond motifs is 6. The summed E-state index contributed by atoms with van der Waals surface area (Å²) in [4.78, 5) is 0. The number of benzene rings is 16. The molecular weight excluding hydrogens is 1140 g/mol. The molecule has 0 aromatic heterocycles. The lowest BCUT2D eigenvalue weighted by atomic mass is 9.75. The Balaban J connectivity index is 0.000000128. The Hall–Kier alpha value is -8.42. The highest BCUT2D eigenvalue weighted by atomic mass is 79.9. The zero-order chi connectivity index (χ0) is 56.2. The topological polar surface area (TPSA) is 40.5 Å². The summed E-state index contributed by atoms with van der Waals surface area (Å²) in [7, 11) is -1.44. The minimum atomic E-state index is -1.44. The summed E-state index contributed by atoms with van der Waals surface area (Å²) in [5, 5.41) is 41.7.